The molecule has 2 aromatic carbocycles. The molecule has 2 aliphatic heterocycles. The van der Waals surface area contributed by atoms with Gasteiger partial charge >= 0.3 is 5.97 Å². The van der Waals surface area contributed by atoms with Gasteiger partial charge in [-0.1, -0.05) is 12.1 Å². The maximum Gasteiger partial charge on any atom is 0.337 e. The number of anilines is 2. The fourth-order valence-electron chi connectivity index (χ4n) is 3.56. The Hall–Kier alpha value is -3.39. The van der Waals surface area contributed by atoms with Crippen LogP contribution in [0.5, 0.6) is 5.75 Å². The lowest BCUT2D eigenvalue weighted by molar-refractivity contribution is -0.124. The number of nitrogens with one attached hydrogen (secondary N) is 1. The fraction of sp³-hybridized carbons (Fsp3) is 0.318. The molecule has 2 amide bonds. The zero-order chi connectivity index (χ0) is 21.1. The van der Waals surface area contributed by atoms with Gasteiger partial charge in [-0.25, -0.2) is 4.79 Å². The number of carbonyl (C=O) groups is 3. The first-order chi connectivity index (χ1) is 14.5. The van der Waals surface area contributed by atoms with Gasteiger partial charge in [0.2, 0.25) is 0 Å². The van der Waals surface area contributed by atoms with E-state index in [0.29, 0.717) is 35.7 Å². The van der Waals surface area contributed by atoms with Crippen molar-refractivity contribution in [3.8, 4) is 5.75 Å². The molecule has 0 bridgehead atoms. The zero-order valence-corrected chi connectivity index (χ0v) is 16.6. The van der Waals surface area contributed by atoms with Gasteiger partial charge in [-0.3, -0.25) is 9.59 Å². The SMILES string of the molecule is COC(=O)c1cccc(CN2C(=O)COc3ccc(NC(=O)C4CCCO4)cc32)c1. The second-order valence-electron chi connectivity index (χ2n) is 7.13. The average molecular weight is 410 g/mol. The highest BCUT2D eigenvalue weighted by atomic mass is 16.5. The number of esters is 1. The molecule has 2 aromatic rings. The van der Waals surface area contributed by atoms with Gasteiger partial charge in [0.25, 0.3) is 11.8 Å². The lowest BCUT2D eigenvalue weighted by atomic mass is 10.1. The predicted octanol–water partition coefficient (Wildman–Crippen LogP) is 2.52. The van der Waals surface area contributed by atoms with Crippen molar-refractivity contribution in [2.24, 2.45) is 0 Å². The first-order valence-electron chi connectivity index (χ1n) is 9.72. The number of methoxy groups -OCH3 is 1. The van der Waals surface area contributed by atoms with E-state index in [0.717, 1.165) is 12.0 Å². The average Bonchev–Trinajstić information content (AvgIpc) is 3.31. The summed E-state index contributed by atoms with van der Waals surface area (Å²) in [5.74, 6) is -0.306. The van der Waals surface area contributed by atoms with Crippen LogP contribution in [0.25, 0.3) is 0 Å². The van der Waals surface area contributed by atoms with Crippen LogP contribution in [-0.4, -0.2) is 44.2 Å². The maximum absolute atomic E-state index is 12.6. The Morgan fingerprint density at radius 2 is 2.10 bits per heavy atom. The van der Waals surface area contributed by atoms with E-state index < -0.39 is 12.1 Å². The lowest BCUT2D eigenvalue weighted by Crippen LogP contribution is -2.38. The standard InChI is InChI=1S/C22H22N2O6/c1-28-22(27)15-5-2-4-14(10-15)12-24-17-11-16(7-8-18(17)30-13-20(24)25)23-21(26)19-6-3-9-29-19/h2,4-5,7-8,10-11,19H,3,6,9,12-13H2,1H3,(H,23,26). The van der Waals surface area contributed by atoms with Gasteiger partial charge in [-0.2, -0.15) is 0 Å². The van der Waals surface area contributed by atoms with Crippen LogP contribution in [-0.2, 0) is 25.6 Å². The van der Waals surface area contributed by atoms with Crippen LogP contribution in [0, 0.1) is 0 Å². The third kappa shape index (κ3) is 4.13. The van der Waals surface area contributed by atoms with Gasteiger partial charge in [0.15, 0.2) is 6.61 Å². The van der Waals surface area contributed by atoms with E-state index in [-0.39, 0.29) is 25.0 Å². The van der Waals surface area contributed by atoms with E-state index in [4.69, 9.17) is 14.2 Å². The van der Waals surface area contributed by atoms with Gasteiger partial charge in [0.05, 0.1) is 24.9 Å². The molecule has 0 spiro atoms. The summed E-state index contributed by atoms with van der Waals surface area (Å²) >= 11 is 0. The van der Waals surface area contributed by atoms with E-state index in [2.05, 4.69) is 5.32 Å². The molecular weight excluding hydrogens is 388 g/mol. The summed E-state index contributed by atoms with van der Waals surface area (Å²) < 4.78 is 15.7. The van der Waals surface area contributed by atoms with E-state index in [1.807, 2.05) is 6.07 Å². The Labute approximate surface area is 173 Å². The molecule has 1 fully saturated rings. The van der Waals surface area contributed by atoms with E-state index in [1.165, 1.54) is 7.11 Å². The highest BCUT2D eigenvalue weighted by Gasteiger charge is 2.28. The molecule has 8 heteroatoms. The fourth-order valence-corrected chi connectivity index (χ4v) is 3.56. The molecule has 1 saturated heterocycles. The highest BCUT2D eigenvalue weighted by Crippen LogP contribution is 2.35. The molecule has 8 nitrogen and oxygen atoms in total. The molecule has 0 radical (unpaired) electrons. The molecule has 1 N–H and O–H groups in total. The van der Waals surface area contributed by atoms with Gasteiger partial charge in [0.1, 0.15) is 11.9 Å². The molecule has 0 saturated carbocycles. The largest absolute Gasteiger partial charge is 0.482 e. The number of benzene rings is 2. The Balaban J connectivity index is 1.57. The summed E-state index contributed by atoms with van der Waals surface area (Å²) in [6.45, 7) is 0.761. The van der Waals surface area contributed by atoms with Crippen molar-refractivity contribution < 1.29 is 28.6 Å². The Morgan fingerprint density at radius 3 is 2.87 bits per heavy atom. The number of ether oxygens (including phenoxy) is 3. The third-order valence-corrected chi connectivity index (χ3v) is 5.08. The van der Waals surface area contributed by atoms with Crippen molar-refractivity contribution in [1.82, 2.24) is 0 Å². The Bertz CT molecular complexity index is 983. The summed E-state index contributed by atoms with van der Waals surface area (Å²) in [6.07, 6.45) is 1.11. The van der Waals surface area contributed by atoms with Gasteiger partial charge in [-0.05, 0) is 48.7 Å². The topological polar surface area (TPSA) is 94.2 Å². The van der Waals surface area contributed by atoms with Crippen LogP contribution in [0.3, 0.4) is 0 Å². The molecule has 4 rings (SSSR count). The van der Waals surface area contributed by atoms with E-state index >= 15 is 0 Å². The van der Waals surface area contributed by atoms with Crippen molar-refractivity contribution in [1.29, 1.82) is 0 Å². The minimum absolute atomic E-state index is 0.0781. The molecule has 1 unspecified atom stereocenters. The number of hydrogen-bond acceptors (Lipinski definition) is 6. The summed E-state index contributed by atoms with van der Waals surface area (Å²) in [7, 11) is 1.32. The van der Waals surface area contributed by atoms with Crippen molar-refractivity contribution >= 4 is 29.2 Å². The minimum atomic E-state index is -0.448. The number of amides is 2. The van der Waals surface area contributed by atoms with Crippen molar-refractivity contribution in [2.75, 3.05) is 30.5 Å². The molecule has 2 aliphatic rings. The monoisotopic (exact) mass is 410 g/mol. The van der Waals surface area contributed by atoms with E-state index in [9.17, 15) is 14.4 Å². The van der Waals surface area contributed by atoms with Crippen molar-refractivity contribution in [3.05, 3.63) is 53.6 Å². The van der Waals surface area contributed by atoms with Crippen molar-refractivity contribution in [2.45, 2.75) is 25.5 Å². The van der Waals surface area contributed by atoms with Crippen LogP contribution >= 0.6 is 0 Å². The molecule has 156 valence electrons. The van der Waals surface area contributed by atoms with Crippen LogP contribution in [0.2, 0.25) is 0 Å². The number of hydrogen-bond donors (Lipinski definition) is 1. The zero-order valence-electron chi connectivity index (χ0n) is 16.6. The number of carbonyl (C=O) groups excluding carboxylic acids is 3. The lowest BCUT2D eigenvalue weighted by Gasteiger charge is -2.30. The molecule has 1 atom stereocenters. The van der Waals surface area contributed by atoms with Gasteiger partial charge in [-0.15, -0.1) is 0 Å². The Morgan fingerprint density at radius 1 is 1.23 bits per heavy atom. The molecule has 0 aliphatic carbocycles. The van der Waals surface area contributed by atoms with Crippen molar-refractivity contribution in [3.63, 3.8) is 0 Å². The van der Waals surface area contributed by atoms with Crippen LogP contribution < -0.4 is 15.0 Å². The number of rotatable bonds is 5. The van der Waals surface area contributed by atoms with Crippen LogP contribution in [0.1, 0.15) is 28.8 Å². The van der Waals surface area contributed by atoms with Gasteiger partial charge in [0, 0.05) is 12.3 Å². The maximum atomic E-state index is 12.6. The summed E-state index contributed by atoms with van der Waals surface area (Å²) in [4.78, 5) is 38.3. The van der Waals surface area contributed by atoms with E-state index in [1.54, 1.807) is 41.3 Å². The second-order valence-corrected chi connectivity index (χ2v) is 7.13. The quantitative estimate of drug-likeness (QED) is 0.762. The van der Waals surface area contributed by atoms with Gasteiger partial charge < -0.3 is 24.4 Å². The summed E-state index contributed by atoms with van der Waals surface area (Å²) in [5, 5.41) is 2.85. The molecule has 0 aromatic heterocycles. The summed E-state index contributed by atoms with van der Waals surface area (Å²) in [5.41, 5.74) is 2.29. The van der Waals surface area contributed by atoms with Crippen LogP contribution in [0.15, 0.2) is 42.5 Å². The first-order valence-corrected chi connectivity index (χ1v) is 9.72. The molecule has 30 heavy (non-hydrogen) atoms. The first kappa shape index (κ1) is 19.9. The smallest absolute Gasteiger partial charge is 0.337 e. The minimum Gasteiger partial charge on any atom is -0.482 e. The normalized spacial score (nSPS) is 17.8. The number of fused-ring (bicyclic) bond motifs is 1. The highest BCUT2D eigenvalue weighted by molar-refractivity contribution is 6.00. The number of nitrogens with zero attached hydrogens (tertiary/aromatic N) is 1. The predicted molar refractivity (Wildman–Crippen MR) is 109 cm³/mol. The molecular formula is C22H22N2O6. The molecule has 2 heterocycles. The second kappa shape index (κ2) is 8.54. The van der Waals surface area contributed by atoms with Crippen LogP contribution in [0.4, 0.5) is 11.4 Å². The summed E-state index contributed by atoms with van der Waals surface area (Å²) in [6, 6.07) is 12.1. The third-order valence-electron chi connectivity index (χ3n) is 5.08. The Kier molecular flexibility index (Phi) is 5.67.